The van der Waals surface area contributed by atoms with Crippen LogP contribution >= 0.6 is 0 Å². The van der Waals surface area contributed by atoms with Gasteiger partial charge in [0.1, 0.15) is 0 Å². The van der Waals surface area contributed by atoms with Crippen molar-refractivity contribution in [3.63, 3.8) is 0 Å². The fraction of sp³-hybridized carbons (Fsp3) is 0.400. The van der Waals surface area contributed by atoms with Crippen LogP contribution in [0.3, 0.4) is 0 Å². The molecule has 0 amide bonds. The molecule has 0 saturated heterocycles. The van der Waals surface area contributed by atoms with Gasteiger partial charge < -0.3 is 5.73 Å². The summed E-state index contributed by atoms with van der Waals surface area (Å²) in [5.74, 6) is -15.0. The van der Waals surface area contributed by atoms with Crippen LogP contribution in [0, 0.1) is 29.1 Å². The van der Waals surface area contributed by atoms with Gasteiger partial charge in [0.2, 0.25) is 5.82 Å². The maximum atomic E-state index is 13.4. The zero-order valence-electron chi connectivity index (χ0n) is 8.64. The molecule has 2 rings (SSSR count). The van der Waals surface area contributed by atoms with Gasteiger partial charge in [-0.25, -0.2) is 30.7 Å². The standard InChI is InChI=1S/C10H6F7N/c11-4-3(9(2-18)1-10(9,16)17)5(12)7(14)8(15)6(4)13/h1-2,18H2. The van der Waals surface area contributed by atoms with Crippen LogP contribution in [-0.4, -0.2) is 12.5 Å². The minimum Gasteiger partial charge on any atom is -0.329 e. The Kier molecular flexibility index (Phi) is 2.62. The Morgan fingerprint density at radius 3 is 1.44 bits per heavy atom. The second-order valence-electron chi connectivity index (χ2n) is 4.11. The molecule has 1 aromatic carbocycles. The van der Waals surface area contributed by atoms with Gasteiger partial charge in [-0.2, -0.15) is 0 Å². The van der Waals surface area contributed by atoms with Crippen LogP contribution < -0.4 is 5.73 Å². The van der Waals surface area contributed by atoms with Crippen molar-refractivity contribution >= 4 is 0 Å². The third-order valence-electron chi connectivity index (χ3n) is 3.14. The normalized spacial score (nSPS) is 25.3. The molecule has 18 heavy (non-hydrogen) atoms. The number of rotatable bonds is 2. The van der Waals surface area contributed by atoms with Gasteiger partial charge in [0, 0.05) is 18.5 Å². The van der Waals surface area contributed by atoms with Crippen LogP contribution in [-0.2, 0) is 5.41 Å². The molecular weight excluding hydrogens is 267 g/mol. The van der Waals surface area contributed by atoms with Crippen molar-refractivity contribution in [2.24, 2.45) is 5.73 Å². The summed E-state index contributed by atoms with van der Waals surface area (Å²) in [6, 6.07) is 0. The summed E-state index contributed by atoms with van der Waals surface area (Å²) in [7, 11) is 0. The van der Waals surface area contributed by atoms with Crippen molar-refractivity contribution in [1.29, 1.82) is 0 Å². The van der Waals surface area contributed by atoms with E-state index in [-0.39, 0.29) is 0 Å². The number of halogens is 7. The first kappa shape index (κ1) is 13.1. The predicted octanol–water partition coefficient (Wildman–Crippen LogP) is 2.62. The lowest BCUT2D eigenvalue weighted by Gasteiger charge is -2.17. The highest BCUT2D eigenvalue weighted by Crippen LogP contribution is 2.62. The average molecular weight is 273 g/mol. The zero-order chi connectivity index (χ0) is 13.9. The maximum absolute atomic E-state index is 13.4. The second kappa shape index (κ2) is 3.59. The number of nitrogens with two attached hydrogens (primary N) is 1. The van der Waals surface area contributed by atoms with Gasteiger partial charge in [0.15, 0.2) is 23.3 Å². The fourth-order valence-corrected chi connectivity index (χ4v) is 1.95. The lowest BCUT2D eigenvalue weighted by atomic mass is 9.93. The summed E-state index contributed by atoms with van der Waals surface area (Å²) in [5, 5.41) is 0. The van der Waals surface area contributed by atoms with E-state index < -0.39 is 59.0 Å². The van der Waals surface area contributed by atoms with E-state index in [0.29, 0.717) is 0 Å². The first-order chi connectivity index (χ1) is 8.19. The van der Waals surface area contributed by atoms with Gasteiger partial charge in [0.25, 0.3) is 5.92 Å². The lowest BCUT2D eigenvalue weighted by Crippen LogP contribution is -2.30. The molecule has 1 fully saturated rings. The Morgan fingerprint density at radius 1 is 0.833 bits per heavy atom. The van der Waals surface area contributed by atoms with Crippen LogP contribution in [0.4, 0.5) is 30.7 Å². The van der Waals surface area contributed by atoms with Gasteiger partial charge in [0.05, 0.1) is 5.41 Å². The molecule has 0 aliphatic heterocycles. The minimum absolute atomic E-state index is 0.918. The summed E-state index contributed by atoms with van der Waals surface area (Å²) >= 11 is 0. The maximum Gasteiger partial charge on any atom is 0.260 e. The van der Waals surface area contributed by atoms with Gasteiger partial charge in [-0.05, 0) is 0 Å². The first-order valence-corrected chi connectivity index (χ1v) is 4.79. The van der Waals surface area contributed by atoms with Gasteiger partial charge in [-0.15, -0.1) is 0 Å². The van der Waals surface area contributed by atoms with Crippen LogP contribution in [0.1, 0.15) is 12.0 Å². The molecule has 1 nitrogen and oxygen atoms in total. The molecule has 1 unspecified atom stereocenters. The van der Waals surface area contributed by atoms with Crippen LogP contribution in [0.15, 0.2) is 0 Å². The molecule has 1 aromatic rings. The summed E-state index contributed by atoms with van der Waals surface area (Å²) in [5.41, 5.74) is 0.947. The van der Waals surface area contributed by atoms with E-state index >= 15 is 0 Å². The van der Waals surface area contributed by atoms with Gasteiger partial charge >= 0.3 is 0 Å². The predicted molar refractivity (Wildman–Crippen MR) is 46.5 cm³/mol. The van der Waals surface area contributed by atoms with E-state index in [1.165, 1.54) is 0 Å². The van der Waals surface area contributed by atoms with Crippen molar-refractivity contribution < 1.29 is 30.7 Å². The Morgan fingerprint density at radius 2 is 1.17 bits per heavy atom. The molecule has 2 N–H and O–H groups in total. The summed E-state index contributed by atoms with van der Waals surface area (Å²) in [6.45, 7) is -0.918. The van der Waals surface area contributed by atoms with Crippen LogP contribution in [0.2, 0.25) is 0 Å². The molecule has 0 radical (unpaired) electrons. The van der Waals surface area contributed by atoms with Crippen molar-refractivity contribution in [2.45, 2.75) is 17.8 Å². The fourth-order valence-electron chi connectivity index (χ4n) is 1.95. The third-order valence-corrected chi connectivity index (χ3v) is 3.14. The molecule has 1 saturated carbocycles. The van der Waals surface area contributed by atoms with Crippen LogP contribution in [0.25, 0.3) is 0 Å². The van der Waals surface area contributed by atoms with E-state index in [0.717, 1.165) is 0 Å². The van der Waals surface area contributed by atoms with E-state index in [1.807, 2.05) is 0 Å². The highest BCUT2D eigenvalue weighted by Gasteiger charge is 2.73. The molecular formula is C10H6F7N. The molecule has 0 aromatic heterocycles. The minimum atomic E-state index is -3.58. The SMILES string of the molecule is NCC1(c2c(F)c(F)c(F)c(F)c2F)CC1(F)F. The highest BCUT2D eigenvalue weighted by molar-refractivity contribution is 5.41. The van der Waals surface area contributed by atoms with Crippen molar-refractivity contribution in [2.75, 3.05) is 6.54 Å². The Labute approximate surface area is 96.4 Å². The molecule has 1 atom stereocenters. The Balaban J connectivity index is 2.74. The monoisotopic (exact) mass is 273 g/mol. The largest absolute Gasteiger partial charge is 0.329 e. The van der Waals surface area contributed by atoms with Crippen molar-refractivity contribution in [3.05, 3.63) is 34.6 Å². The topological polar surface area (TPSA) is 26.0 Å². The molecule has 0 heterocycles. The molecule has 100 valence electrons. The molecule has 1 aliphatic carbocycles. The second-order valence-corrected chi connectivity index (χ2v) is 4.11. The quantitative estimate of drug-likeness (QED) is 0.500. The summed E-state index contributed by atoms with van der Waals surface area (Å²) in [6.07, 6.45) is -1.05. The first-order valence-electron chi connectivity index (χ1n) is 4.79. The smallest absolute Gasteiger partial charge is 0.260 e. The molecule has 1 aliphatic rings. The van der Waals surface area contributed by atoms with E-state index in [4.69, 9.17) is 5.73 Å². The van der Waals surface area contributed by atoms with E-state index in [9.17, 15) is 30.7 Å². The number of alkyl halides is 2. The number of hydrogen-bond donors (Lipinski definition) is 1. The lowest BCUT2D eigenvalue weighted by molar-refractivity contribution is 0.0870. The molecule has 8 heteroatoms. The molecule has 0 spiro atoms. The average Bonchev–Trinajstić information content (AvgIpc) is 2.87. The van der Waals surface area contributed by atoms with Crippen molar-refractivity contribution in [3.8, 4) is 0 Å². The number of hydrogen-bond acceptors (Lipinski definition) is 1. The molecule has 0 bridgehead atoms. The zero-order valence-corrected chi connectivity index (χ0v) is 8.64. The Bertz CT molecular complexity index is 498. The highest BCUT2D eigenvalue weighted by atomic mass is 19.3. The number of benzene rings is 1. The van der Waals surface area contributed by atoms with E-state index in [2.05, 4.69) is 0 Å². The van der Waals surface area contributed by atoms with E-state index in [1.54, 1.807) is 0 Å². The Hall–Kier alpha value is -1.31. The van der Waals surface area contributed by atoms with Gasteiger partial charge in [-0.1, -0.05) is 0 Å². The summed E-state index contributed by atoms with van der Waals surface area (Å²) < 4.78 is 91.5. The van der Waals surface area contributed by atoms with Crippen LogP contribution in [0.5, 0.6) is 0 Å². The third kappa shape index (κ3) is 1.38. The summed E-state index contributed by atoms with van der Waals surface area (Å²) in [4.78, 5) is 0. The van der Waals surface area contributed by atoms with Crippen molar-refractivity contribution in [1.82, 2.24) is 0 Å². The van der Waals surface area contributed by atoms with Gasteiger partial charge in [-0.3, -0.25) is 0 Å².